The standard InChI is InChI=1S/C26H30N2O5/c1-2-30-15-16-31-24-13-11-21(12-14-24)28-26(29)20-27-22-7-6-10-25(19-22)33-18-17-32-23-8-4-3-5-9-23/h3-14,19,27H,2,15-18,20H2,1H3,(H,28,29). The van der Waals surface area contributed by atoms with Crippen LogP contribution >= 0.6 is 0 Å². The lowest BCUT2D eigenvalue weighted by molar-refractivity contribution is -0.114. The van der Waals surface area contributed by atoms with Crippen LogP contribution in [0, 0.1) is 0 Å². The average Bonchev–Trinajstić information content (AvgIpc) is 2.85. The first-order valence-corrected chi connectivity index (χ1v) is 11.0. The number of ether oxygens (including phenoxy) is 4. The minimum Gasteiger partial charge on any atom is -0.491 e. The molecule has 3 aromatic carbocycles. The van der Waals surface area contributed by atoms with Gasteiger partial charge in [0.05, 0.1) is 13.2 Å². The normalized spacial score (nSPS) is 10.3. The minimum absolute atomic E-state index is 0.132. The SMILES string of the molecule is CCOCCOc1ccc(NC(=O)CNc2cccc(OCCOc3ccccc3)c2)cc1. The van der Waals surface area contributed by atoms with Crippen LogP contribution in [0.3, 0.4) is 0 Å². The third kappa shape index (κ3) is 9.13. The summed E-state index contributed by atoms with van der Waals surface area (Å²) in [7, 11) is 0. The Balaban J connectivity index is 1.36. The van der Waals surface area contributed by atoms with E-state index < -0.39 is 0 Å². The van der Waals surface area contributed by atoms with E-state index in [4.69, 9.17) is 18.9 Å². The van der Waals surface area contributed by atoms with Crippen LogP contribution in [0.2, 0.25) is 0 Å². The zero-order valence-electron chi connectivity index (χ0n) is 18.8. The maximum absolute atomic E-state index is 12.3. The molecule has 0 atom stereocenters. The molecular formula is C26H30N2O5. The van der Waals surface area contributed by atoms with Gasteiger partial charge in [0.1, 0.15) is 37.1 Å². The van der Waals surface area contributed by atoms with E-state index in [0.717, 1.165) is 17.2 Å². The van der Waals surface area contributed by atoms with Crippen LogP contribution < -0.4 is 24.8 Å². The number of carbonyl (C=O) groups is 1. The van der Waals surface area contributed by atoms with E-state index in [9.17, 15) is 4.79 Å². The van der Waals surface area contributed by atoms with Crippen LogP contribution in [0.4, 0.5) is 11.4 Å². The van der Waals surface area contributed by atoms with Crippen LogP contribution in [0.25, 0.3) is 0 Å². The molecule has 1 amide bonds. The predicted molar refractivity (Wildman–Crippen MR) is 129 cm³/mol. The van der Waals surface area contributed by atoms with Gasteiger partial charge < -0.3 is 29.6 Å². The van der Waals surface area contributed by atoms with Gasteiger partial charge in [0, 0.05) is 24.0 Å². The first-order chi connectivity index (χ1) is 16.2. The first kappa shape index (κ1) is 23.9. The van der Waals surface area contributed by atoms with Crippen LogP contribution in [0.5, 0.6) is 17.2 Å². The Morgan fingerprint density at radius 1 is 0.697 bits per heavy atom. The van der Waals surface area contributed by atoms with Gasteiger partial charge in [-0.25, -0.2) is 0 Å². The molecule has 0 bridgehead atoms. The molecule has 174 valence electrons. The van der Waals surface area contributed by atoms with E-state index in [1.165, 1.54) is 0 Å². The highest BCUT2D eigenvalue weighted by molar-refractivity contribution is 5.93. The molecule has 0 spiro atoms. The summed E-state index contributed by atoms with van der Waals surface area (Å²) in [6, 6.07) is 24.3. The summed E-state index contributed by atoms with van der Waals surface area (Å²) in [4.78, 5) is 12.3. The van der Waals surface area contributed by atoms with Gasteiger partial charge in [0.2, 0.25) is 5.91 Å². The molecule has 0 fully saturated rings. The predicted octanol–water partition coefficient (Wildman–Crippen LogP) is 4.61. The number of benzene rings is 3. The highest BCUT2D eigenvalue weighted by atomic mass is 16.5. The summed E-state index contributed by atoms with van der Waals surface area (Å²) in [6.45, 7) is 4.66. The lowest BCUT2D eigenvalue weighted by Gasteiger charge is -2.11. The molecule has 7 heteroatoms. The third-order valence-corrected chi connectivity index (χ3v) is 4.49. The van der Waals surface area contributed by atoms with Crippen LogP contribution in [0.15, 0.2) is 78.9 Å². The number of amides is 1. The molecule has 0 saturated carbocycles. The fraction of sp³-hybridized carbons (Fsp3) is 0.269. The highest BCUT2D eigenvalue weighted by Crippen LogP contribution is 2.18. The van der Waals surface area contributed by atoms with E-state index in [2.05, 4.69) is 10.6 Å². The van der Waals surface area contributed by atoms with Crippen molar-refractivity contribution in [2.75, 3.05) is 50.2 Å². The molecule has 0 unspecified atom stereocenters. The molecule has 0 radical (unpaired) electrons. The van der Waals surface area contributed by atoms with E-state index in [-0.39, 0.29) is 12.5 Å². The second-order valence-corrected chi connectivity index (χ2v) is 7.01. The van der Waals surface area contributed by atoms with Gasteiger partial charge in [0.15, 0.2) is 0 Å². The van der Waals surface area contributed by atoms with E-state index in [0.29, 0.717) is 44.5 Å². The summed E-state index contributed by atoms with van der Waals surface area (Å²) in [5.41, 5.74) is 1.50. The quantitative estimate of drug-likeness (QED) is 0.349. The number of nitrogens with one attached hydrogen (secondary N) is 2. The molecule has 0 aliphatic carbocycles. The van der Waals surface area contributed by atoms with Crippen molar-refractivity contribution in [1.29, 1.82) is 0 Å². The van der Waals surface area contributed by atoms with Gasteiger partial charge in [-0.05, 0) is 55.5 Å². The molecule has 2 N–H and O–H groups in total. The number of anilines is 2. The Kier molecular flexibility index (Phi) is 9.90. The van der Waals surface area contributed by atoms with Crippen molar-refractivity contribution in [3.63, 3.8) is 0 Å². The molecule has 0 aliphatic rings. The van der Waals surface area contributed by atoms with Crippen molar-refractivity contribution in [3.8, 4) is 17.2 Å². The van der Waals surface area contributed by atoms with Gasteiger partial charge in [0.25, 0.3) is 0 Å². The van der Waals surface area contributed by atoms with Gasteiger partial charge in [-0.2, -0.15) is 0 Å². The molecular weight excluding hydrogens is 420 g/mol. The van der Waals surface area contributed by atoms with Crippen LogP contribution in [0.1, 0.15) is 6.92 Å². The second kappa shape index (κ2) is 13.6. The van der Waals surface area contributed by atoms with Gasteiger partial charge in [-0.1, -0.05) is 24.3 Å². The van der Waals surface area contributed by atoms with E-state index in [1.54, 1.807) is 12.1 Å². The number of rotatable bonds is 14. The number of para-hydroxylation sites is 1. The summed E-state index contributed by atoms with van der Waals surface area (Å²) >= 11 is 0. The zero-order valence-corrected chi connectivity index (χ0v) is 18.8. The number of hydrogen-bond acceptors (Lipinski definition) is 6. The topological polar surface area (TPSA) is 78.1 Å². The highest BCUT2D eigenvalue weighted by Gasteiger charge is 2.04. The zero-order chi connectivity index (χ0) is 23.1. The molecule has 3 aromatic rings. The van der Waals surface area contributed by atoms with Crippen molar-refractivity contribution in [2.45, 2.75) is 6.92 Å². The maximum atomic E-state index is 12.3. The number of carbonyl (C=O) groups excluding carboxylic acids is 1. The Labute approximate surface area is 194 Å². The van der Waals surface area contributed by atoms with Crippen molar-refractivity contribution in [3.05, 3.63) is 78.9 Å². The fourth-order valence-corrected chi connectivity index (χ4v) is 2.92. The summed E-state index contributed by atoms with van der Waals surface area (Å²) in [6.07, 6.45) is 0. The van der Waals surface area contributed by atoms with Crippen molar-refractivity contribution in [1.82, 2.24) is 0 Å². The second-order valence-electron chi connectivity index (χ2n) is 7.01. The van der Waals surface area contributed by atoms with Crippen LogP contribution in [-0.2, 0) is 9.53 Å². The summed E-state index contributed by atoms with van der Waals surface area (Å²) < 4.78 is 22.2. The van der Waals surface area contributed by atoms with Gasteiger partial charge in [-0.15, -0.1) is 0 Å². The molecule has 7 nitrogen and oxygen atoms in total. The Morgan fingerprint density at radius 3 is 2.06 bits per heavy atom. The molecule has 0 heterocycles. The molecule has 0 saturated heterocycles. The van der Waals surface area contributed by atoms with Gasteiger partial charge >= 0.3 is 0 Å². The fourth-order valence-electron chi connectivity index (χ4n) is 2.92. The van der Waals surface area contributed by atoms with Crippen molar-refractivity contribution in [2.24, 2.45) is 0 Å². The lowest BCUT2D eigenvalue weighted by Crippen LogP contribution is -2.21. The van der Waals surface area contributed by atoms with Gasteiger partial charge in [-0.3, -0.25) is 4.79 Å². The first-order valence-electron chi connectivity index (χ1n) is 11.0. The summed E-state index contributed by atoms with van der Waals surface area (Å²) in [5, 5.41) is 5.97. The molecule has 33 heavy (non-hydrogen) atoms. The molecule has 3 rings (SSSR count). The molecule has 0 aromatic heterocycles. The monoisotopic (exact) mass is 450 g/mol. The average molecular weight is 451 g/mol. The lowest BCUT2D eigenvalue weighted by atomic mass is 10.3. The Bertz CT molecular complexity index is 964. The Hall–Kier alpha value is -3.71. The third-order valence-electron chi connectivity index (χ3n) is 4.49. The largest absolute Gasteiger partial charge is 0.491 e. The maximum Gasteiger partial charge on any atom is 0.243 e. The van der Waals surface area contributed by atoms with E-state index >= 15 is 0 Å². The minimum atomic E-state index is -0.150. The molecule has 0 aliphatic heterocycles. The smallest absolute Gasteiger partial charge is 0.243 e. The van der Waals surface area contributed by atoms with Crippen molar-refractivity contribution >= 4 is 17.3 Å². The number of hydrogen-bond donors (Lipinski definition) is 2. The van der Waals surface area contributed by atoms with Crippen molar-refractivity contribution < 1.29 is 23.7 Å². The summed E-state index contributed by atoms with van der Waals surface area (Å²) in [5.74, 6) is 2.10. The van der Waals surface area contributed by atoms with E-state index in [1.807, 2.05) is 73.7 Å². The van der Waals surface area contributed by atoms with Crippen LogP contribution in [-0.4, -0.2) is 45.5 Å². The Morgan fingerprint density at radius 2 is 1.33 bits per heavy atom.